The van der Waals surface area contributed by atoms with Crippen molar-refractivity contribution >= 4 is 5.82 Å². The van der Waals surface area contributed by atoms with E-state index < -0.39 is 11.9 Å². The number of nitriles is 1. The molecule has 0 N–H and O–H groups in total. The number of hydrogen-bond donors (Lipinski definition) is 0. The average molecular weight is 269 g/mol. The first-order valence-corrected chi connectivity index (χ1v) is 6.11. The van der Waals surface area contributed by atoms with Crippen LogP contribution in [0.1, 0.15) is 30.5 Å². The number of alkyl halides is 3. The minimum atomic E-state index is -4.49. The van der Waals surface area contributed by atoms with E-state index in [1.165, 1.54) is 18.9 Å². The highest BCUT2D eigenvalue weighted by molar-refractivity contribution is 5.54. The number of halogens is 3. The minimum absolute atomic E-state index is 0.109. The Kier molecular flexibility index (Phi) is 3.65. The third-order valence-electron chi connectivity index (χ3n) is 3.22. The molecule has 0 aliphatic heterocycles. The Morgan fingerprint density at radius 1 is 1.42 bits per heavy atom. The van der Waals surface area contributed by atoms with Gasteiger partial charge in [0.1, 0.15) is 17.6 Å². The van der Waals surface area contributed by atoms with Gasteiger partial charge in [-0.05, 0) is 24.5 Å². The van der Waals surface area contributed by atoms with Gasteiger partial charge >= 0.3 is 6.18 Å². The van der Waals surface area contributed by atoms with Crippen molar-refractivity contribution < 1.29 is 13.2 Å². The van der Waals surface area contributed by atoms with E-state index in [9.17, 15) is 13.2 Å². The second kappa shape index (κ2) is 5.08. The standard InChI is InChI=1S/C13H14F3N3/c1-19(7-6-9-2-3-9)12-10(8-17)4-5-11(18-12)13(14,15)16/h4-5,9H,2-3,6-7H2,1H3. The van der Waals surface area contributed by atoms with Gasteiger partial charge in [0.15, 0.2) is 0 Å². The van der Waals surface area contributed by atoms with Gasteiger partial charge in [0.25, 0.3) is 0 Å². The molecule has 1 aliphatic rings. The van der Waals surface area contributed by atoms with Crippen molar-refractivity contribution in [2.45, 2.75) is 25.4 Å². The molecule has 0 spiro atoms. The zero-order valence-electron chi connectivity index (χ0n) is 10.5. The highest BCUT2D eigenvalue weighted by Gasteiger charge is 2.33. The van der Waals surface area contributed by atoms with Crippen LogP contribution in [0.15, 0.2) is 12.1 Å². The van der Waals surface area contributed by atoms with Crippen LogP contribution in [0.5, 0.6) is 0 Å². The summed E-state index contributed by atoms with van der Waals surface area (Å²) in [5, 5.41) is 8.95. The normalized spacial score (nSPS) is 15.1. The van der Waals surface area contributed by atoms with Crippen molar-refractivity contribution in [3.8, 4) is 6.07 Å². The zero-order chi connectivity index (χ0) is 14.0. The Hall–Kier alpha value is -1.77. The van der Waals surface area contributed by atoms with Gasteiger partial charge in [-0.1, -0.05) is 12.8 Å². The quantitative estimate of drug-likeness (QED) is 0.842. The van der Waals surface area contributed by atoms with Crippen LogP contribution in [-0.4, -0.2) is 18.6 Å². The highest BCUT2D eigenvalue weighted by atomic mass is 19.4. The maximum Gasteiger partial charge on any atom is 0.433 e. The Balaban J connectivity index is 2.22. The Labute approximate surface area is 109 Å². The first-order chi connectivity index (χ1) is 8.91. The van der Waals surface area contributed by atoms with Gasteiger partial charge in [-0.3, -0.25) is 0 Å². The number of hydrogen-bond acceptors (Lipinski definition) is 3. The molecule has 6 heteroatoms. The minimum Gasteiger partial charge on any atom is -0.359 e. The van der Waals surface area contributed by atoms with Crippen LogP contribution in [-0.2, 0) is 6.18 Å². The van der Waals surface area contributed by atoms with Gasteiger partial charge in [0, 0.05) is 13.6 Å². The third kappa shape index (κ3) is 3.37. The summed E-state index contributed by atoms with van der Waals surface area (Å²) in [6.45, 7) is 0.619. The smallest absolute Gasteiger partial charge is 0.359 e. The molecule has 1 heterocycles. The van der Waals surface area contributed by atoms with Crippen LogP contribution in [0, 0.1) is 17.2 Å². The average Bonchev–Trinajstić information content (AvgIpc) is 3.18. The molecule has 0 aromatic carbocycles. The lowest BCUT2D eigenvalue weighted by Crippen LogP contribution is -2.23. The number of anilines is 1. The van der Waals surface area contributed by atoms with Crippen molar-refractivity contribution in [1.82, 2.24) is 4.98 Å². The van der Waals surface area contributed by atoms with E-state index in [4.69, 9.17) is 5.26 Å². The van der Waals surface area contributed by atoms with E-state index in [0.29, 0.717) is 12.5 Å². The topological polar surface area (TPSA) is 39.9 Å². The fourth-order valence-corrected chi connectivity index (χ4v) is 1.87. The molecule has 102 valence electrons. The summed E-state index contributed by atoms with van der Waals surface area (Å²) in [5.41, 5.74) is -0.786. The van der Waals surface area contributed by atoms with Gasteiger partial charge in [0.2, 0.25) is 0 Å². The summed E-state index contributed by atoms with van der Waals surface area (Å²) in [5.74, 6) is 0.789. The van der Waals surface area contributed by atoms with E-state index in [1.807, 2.05) is 6.07 Å². The Bertz CT molecular complexity index is 501. The molecular weight excluding hydrogens is 255 g/mol. The number of nitrogens with zero attached hydrogens (tertiary/aromatic N) is 3. The lowest BCUT2D eigenvalue weighted by atomic mass is 10.2. The summed E-state index contributed by atoms with van der Waals surface area (Å²) in [7, 11) is 1.67. The fourth-order valence-electron chi connectivity index (χ4n) is 1.87. The molecule has 19 heavy (non-hydrogen) atoms. The second-order valence-corrected chi connectivity index (χ2v) is 4.83. The molecule has 1 aliphatic carbocycles. The summed E-state index contributed by atoms with van der Waals surface area (Å²) in [6.07, 6.45) is -1.18. The second-order valence-electron chi connectivity index (χ2n) is 4.83. The molecule has 1 aromatic heterocycles. The van der Waals surface area contributed by atoms with Gasteiger partial charge in [-0.2, -0.15) is 18.4 Å². The van der Waals surface area contributed by atoms with Gasteiger partial charge in [-0.25, -0.2) is 4.98 Å². The molecule has 0 unspecified atom stereocenters. The molecule has 0 radical (unpaired) electrons. The SMILES string of the molecule is CN(CCC1CC1)c1nc(C(F)(F)F)ccc1C#N. The molecule has 1 saturated carbocycles. The van der Waals surface area contributed by atoms with Crippen LogP contribution in [0.3, 0.4) is 0 Å². The summed E-state index contributed by atoms with van der Waals surface area (Å²) >= 11 is 0. The van der Waals surface area contributed by atoms with Crippen molar-refractivity contribution in [3.63, 3.8) is 0 Å². The molecule has 0 bridgehead atoms. The third-order valence-corrected chi connectivity index (χ3v) is 3.22. The van der Waals surface area contributed by atoms with Crippen molar-refractivity contribution in [3.05, 3.63) is 23.4 Å². The molecule has 1 aromatic rings. The Morgan fingerprint density at radius 3 is 2.63 bits per heavy atom. The maximum atomic E-state index is 12.6. The van der Waals surface area contributed by atoms with E-state index in [-0.39, 0.29) is 11.4 Å². The van der Waals surface area contributed by atoms with E-state index in [0.717, 1.165) is 12.5 Å². The summed E-state index contributed by atoms with van der Waals surface area (Å²) in [6, 6.07) is 3.91. The fraction of sp³-hybridized carbons (Fsp3) is 0.538. The van der Waals surface area contributed by atoms with Crippen LogP contribution < -0.4 is 4.90 Å². The molecule has 0 amide bonds. The Morgan fingerprint density at radius 2 is 2.11 bits per heavy atom. The molecular formula is C13H14F3N3. The van der Waals surface area contributed by atoms with E-state index in [1.54, 1.807) is 11.9 Å². The maximum absolute atomic E-state index is 12.6. The van der Waals surface area contributed by atoms with Crippen LogP contribution >= 0.6 is 0 Å². The summed E-state index contributed by atoms with van der Waals surface area (Å²) in [4.78, 5) is 5.22. The van der Waals surface area contributed by atoms with Gasteiger partial charge in [0.05, 0.1) is 5.56 Å². The number of rotatable bonds is 4. The zero-order valence-corrected chi connectivity index (χ0v) is 10.5. The lowest BCUT2D eigenvalue weighted by Gasteiger charge is -2.20. The predicted octanol–water partition coefficient (Wildman–Crippen LogP) is 3.21. The first-order valence-electron chi connectivity index (χ1n) is 6.11. The van der Waals surface area contributed by atoms with Crippen molar-refractivity contribution in [2.24, 2.45) is 5.92 Å². The largest absolute Gasteiger partial charge is 0.433 e. The monoisotopic (exact) mass is 269 g/mol. The molecule has 2 rings (SSSR count). The highest BCUT2D eigenvalue weighted by Crippen LogP contribution is 2.33. The first kappa shape index (κ1) is 13.7. The van der Waals surface area contributed by atoms with Gasteiger partial charge in [-0.15, -0.1) is 0 Å². The number of aromatic nitrogens is 1. The van der Waals surface area contributed by atoms with E-state index in [2.05, 4.69) is 4.98 Å². The molecule has 3 nitrogen and oxygen atoms in total. The molecule has 0 atom stereocenters. The lowest BCUT2D eigenvalue weighted by molar-refractivity contribution is -0.141. The predicted molar refractivity (Wildman–Crippen MR) is 64.6 cm³/mol. The van der Waals surface area contributed by atoms with Crippen LogP contribution in [0.4, 0.5) is 19.0 Å². The van der Waals surface area contributed by atoms with Crippen LogP contribution in [0.2, 0.25) is 0 Å². The van der Waals surface area contributed by atoms with Crippen LogP contribution in [0.25, 0.3) is 0 Å². The van der Waals surface area contributed by atoms with Crippen molar-refractivity contribution in [2.75, 3.05) is 18.5 Å². The molecule has 1 fully saturated rings. The molecule has 0 saturated heterocycles. The van der Waals surface area contributed by atoms with Crippen molar-refractivity contribution in [1.29, 1.82) is 5.26 Å². The summed E-state index contributed by atoms with van der Waals surface area (Å²) < 4.78 is 37.9. The van der Waals surface area contributed by atoms with Gasteiger partial charge < -0.3 is 4.90 Å². The number of pyridine rings is 1. The van der Waals surface area contributed by atoms with E-state index >= 15 is 0 Å².